The second kappa shape index (κ2) is 4.89. The van der Waals surface area contributed by atoms with Crippen LogP contribution in [0.1, 0.15) is 44.8 Å². The number of aromatic nitrogens is 1. The summed E-state index contributed by atoms with van der Waals surface area (Å²) in [7, 11) is 0. The summed E-state index contributed by atoms with van der Waals surface area (Å²) >= 11 is 0. The van der Waals surface area contributed by atoms with Crippen LogP contribution in [0.2, 0.25) is 0 Å². The van der Waals surface area contributed by atoms with E-state index in [1.165, 1.54) is 25.0 Å². The number of fused-ring (bicyclic) bond motifs is 1. The van der Waals surface area contributed by atoms with Crippen LogP contribution in [0.5, 0.6) is 5.75 Å². The first-order valence-electron chi connectivity index (χ1n) is 7.22. The largest absolute Gasteiger partial charge is 0.507 e. The number of nitrogens with one attached hydrogen (secondary N) is 1. The fraction of sp³-hybridized carbons (Fsp3) is 0.500. The predicted octanol–water partition coefficient (Wildman–Crippen LogP) is 3.57. The average molecular weight is 258 g/mol. The first-order chi connectivity index (χ1) is 9.16. The fourth-order valence-corrected chi connectivity index (χ4v) is 2.90. The topological polar surface area (TPSA) is 37.2 Å². The number of rotatable bonds is 4. The SMILES string of the molecule is CC(C)n1c(CNC2CCC2)cc2c(O)cccc21. The molecule has 0 aliphatic heterocycles. The van der Waals surface area contributed by atoms with Crippen molar-refractivity contribution in [3.63, 3.8) is 0 Å². The Kier molecular flexibility index (Phi) is 3.23. The molecule has 0 bridgehead atoms. The predicted molar refractivity (Wildman–Crippen MR) is 78.5 cm³/mol. The van der Waals surface area contributed by atoms with Crippen LogP contribution in [-0.4, -0.2) is 15.7 Å². The Hall–Kier alpha value is -1.48. The third kappa shape index (κ3) is 2.23. The zero-order chi connectivity index (χ0) is 13.4. The van der Waals surface area contributed by atoms with Crippen LogP contribution in [0.4, 0.5) is 0 Å². The number of hydrogen-bond acceptors (Lipinski definition) is 2. The highest BCUT2D eigenvalue weighted by atomic mass is 16.3. The monoisotopic (exact) mass is 258 g/mol. The molecule has 0 saturated heterocycles. The lowest BCUT2D eigenvalue weighted by molar-refractivity contribution is 0.334. The molecule has 0 unspecified atom stereocenters. The minimum absolute atomic E-state index is 0.377. The van der Waals surface area contributed by atoms with Crippen LogP contribution in [-0.2, 0) is 6.54 Å². The van der Waals surface area contributed by atoms with Gasteiger partial charge in [-0.2, -0.15) is 0 Å². The van der Waals surface area contributed by atoms with Crippen LogP contribution in [0.15, 0.2) is 24.3 Å². The van der Waals surface area contributed by atoms with Crippen LogP contribution in [0, 0.1) is 0 Å². The lowest BCUT2D eigenvalue weighted by atomic mass is 9.93. The van der Waals surface area contributed by atoms with Gasteiger partial charge >= 0.3 is 0 Å². The maximum Gasteiger partial charge on any atom is 0.124 e. The van der Waals surface area contributed by atoms with E-state index in [2.05, 4.69) is 35.9 Å². The van der Waals surface area contributed by atoms with Gasteiger partial charge in [-0.25, -0.2) is 0 Å². The number of phenols is 1. The highest BCUT2D eigenvalue weighted by Gasteiger charge is 2.18. The first-order valence-corrected chi connectivity index (χ1v) is 7.22. The molecule has 1 aliphatic rings. The molecule has 1 heterocycles. The van der Waals surface area contributed by atoms with E-state index in [1.807, 2.05) is 6.07 Å². The summed E-state index contributed by atoms with van der Waals surface area (Å²) in [6.45, 7) is 5.27. The quantitative estimate of drug-likeness (QED) is 0.879. The zero-order valence-electron chi connectivity index (χ0n) is 11.7. The van der Waals surface area contributed by atoms with Gasteiger partial charge in [-0.3, -0.25) is 0 Å². The Labute approximate surface area is 114 Å². The van der Waals surface area contributed by atoms with Crippen molar-refractivity contribution in [2.75, 3.05) is 0 Å². The van der Waals surface area contributed by atoms with Gasteiger partial charge in [0.25, 0.3) is 0 Å². The van der Waals surface area contributed by atoms with Gasteiger partial charge in [0.05, 0.1) is 5.52 Å². The Morgan fingerprint density at radius 3 is 2.79 bits per heavy atom. The summed E-state index contributed by atoms with van der Waals surface area (Å²) in [6.07, 6.45) is 3.95. The number of benzene rings is 1. The second-order valence-electron chi connectivity index (χ2n) is 5.82. The van der Waals surface area contributed by atoms with Gasteiger partial charge in [0.2, 0.25) is 0 Å². The van der Waals surface area contributed by atoms with E-state index >= 15 is 0 Å². The van der Waals surface area contributed by atoms with Gasteiger partial charge in [-0.05, 0) is 44.9 Å². The van der Waals surface area contributed by atoms with Gasteiger partial charge in [0.15, 0.2) is 0 Å². The molecule has 2 aromatic rings. The summed E-state index contributed by atoms with van der Waals surface area (Å²) < 4.78 is 2.32. The van der Waals surface area contributed by atoms with E-state index in [1.54, 1.807) is 6.07 Å². The molecular formula is C16H22N2O. The van der Waals surface area contributed by atoms with Crippen molar-refractivity contribution in [1.29, 1.82) is 0 Å². The number of hydrogen-bond donors (Lipinski definition) is 2. The molecule has 0 amide bonds. The third-order valence-corrected chi connectivity index (χ3v) is 4.13. The summed E-state index contributed by atoms with van der Waals surface area (Å²) in [5.41, 5.74) is 2.39. The number of phenolic OH excluding ortho intramolecular Hbond substituents is 1. The molecule has 19 heavy (non-hydrogen) atoms. The minimum atomic E-state index is 0.377. The molecule has 1 aliphatic carbocycles. The van der Waals surface area contributed by atoms with Gasteiger partial charge in [0.1, 0.15) is 5.75 Å². The number of aromatic hydroxyl groups is 1. The molecule has 3 rings (SSSR count). The van der Waals surface area contributed by atoms with E-state index in [-0.39, 0.29) is 0 Å². The molecular weight excluding hydrogens is 236 g/mol. The zero-order valence-corrected chi connectivity index (χ0v) is 11.7. The lowest BCUT2D eigenvalue weighted by Crippen LogP contribution is -2.35. The summed E-state index contributed by atoms with van der Waals surface area (Å²) in [6, 6.07) is 8.97. The van der Waals surface area contributed by atoms with Crippen LogP contribution < -0.4 is 5.32 Å². The summed E-state index contributed by atoms with van der Waals surface area (Å²) in [4.78, 5) is 0. The normalized spacial score (nSPS) is 16.2. The molecule has 1 aromatic heterocycles. The fourth-order valence-electron chi connectivity index (χ4n) is 2.90. The van der Waals surface area contributed by atoms with Crippen LogP contribution in [0.3, 0.4) is 0 Å². The van der Waals surface area contributed by atoms with Crippen molar-refractivity contribution < 1.29 is 5.11 Å². The Morgan fingerprint density at radius 2 is 2.16 bits per heavy atom. The molecule has 3 heteroatoms. The third-order valence-electron chi connectivity index (χ3n) is 4.13. The lowest BCUT2D eigenvalue weighted by Gasteiger charge is -2.27. The minimum Gasteiger partial charge on any atom is -0.507 e. The molecule has 0 spiro atoms. The standard InChI is InChI=1S/C16H22N2O/c1-11(2)18-13(10-17-12-5-3-6-12)9-14-15(18)7-4-8-16(14)19/h4,7-9,11-12,17,19H,3,5-6,10H2,1-2H3. The Morgan fingerprint density at radius 1 is 1.37 bits per heavy atom. The molecule has 102 valence electrons. The van der Waals surface area contributed by atoms with E-state index in [0.29, 0.717) is 17.8 Å². The first kappa shape index (κ1) is 12.5. The molecule has 1 fully saturated rings. The van der Waals surface area contributed by atoms with Gasteiger partial charge in [0, 0.05) is 29.7 Å². The van der Waals surface area contributed by atoms with Crippen molar-refractivity contribution in [3.8, 4) is 5.75 Å². The van der Waals surface area contributed by atoms with Gasteiger partial charge in [-0.1, -0.05) is 12.5 Å². The highest BCUT2D eigenvalue weighted by Crippen LogP contribution is 2.30. The van der Waals surface area contributed by atoms with E-state index in [4.69, 9.17) is 0 Å². The second-order valence-corrected chi connectivity index (χ2v) is 5.82. The van der Waals surface area contributed by atoms with E-state index in [0.717, 1.165) is 17.4 Å². The average Bonchev–Trinajstić information content (AvgIpc) is 2.67. The smallest absolute Gasteiger partial charge is 0.124 e. The molecule has 1 aromatic carbocycles. The van der Waals surface area contributed by atoms with E-state index < -0.39 is 0 Å². The molecule has 1 saturated carbocycles. The highest BCUT2D eigenvalue weighted by molar-refractivity contribution is 5.87. The van der Waals surface area contributed by atoms with Crippen molar-refractivity contribution in [1.82, 2.24) is 9.88 Å². The van der Waals surface area contributed by atoms with Crippen molar-refractivity contribution >= 4 is 10.9 Å². The maximum absolute atomic E-state index is 9.99. The van der Waals surface area contributed by atoms with Crippen molar-refractivity contribution in [3.05, 3.63) is 30.0 Å². The van der Waals surface area contributed by atoms with Crippen LogP contribution >= 0.6 is 0 Å². The van der Waals surface area contributed by atoms with Crippen molar-refractivity contribution in [2.45, 2.75) is 51.7 Å². The summed E-state index contributed by atoms with van der Waals surface area (Å²) in [5, 5.41) is 14.6. The molecule has 0 radical (unpaired) electrons. The summed E-state index contributed by atoms with van der Waals surface area (Å²) in [5.74, 6) is 0.377. The Balaban J connectivity index is 1.96. The van der Waals surface area contributed by atoms with Crippen molar-refractivity contribution in [2.24, 2.45) is 0 Å². The molecule has 0 atom stereocenters. The molecule has 2 N–H and O–H groups in total. The molecule has 3 nitrogen and oxygen atoms in total. The van der Waals surface area contributed by atoms with Crippen LogP contribution in [0.25, 0.3) is 10.9 Å². The van der Waals surface area contributed by atoms with E-state index in [9.17, 15) is 5.11 Å². The number of nitrogens with zero attached hydrogens (tertiary/aromatic N) is 1. The maximum atomic E-state index is 9.99. The van der Waals surface area contributed by atoms with Gasteiger partial charge < -0.3 is 15.0 Å². The Bertz CT molecular complexity index is 582. The van der Waals surface area contributed by atoms with Gasteiger partial charge in [-0.15, -0.1) is 0 Å².